The summed E-state index contributed by atoms with van der Waals surface area (Å²) in [7, 11) is -0.834. The molecule has 0 aliphatic rings. The van der Waals surface area contributed by atoms with Gasteiger partial charge in [0.05, 0.1) is 13.3 Å². The fourth-order valence-corrected chi connectivity index (χ4v) is 3.26. The highest BCUT2D eigenvalue weighted by molar-refractivity contribution is 7.86. The number of rotatable bonds is 9. The van der Waals surface area contributed by atoms with Crippen LogP contribution in [-0.2, 0) is 11.0 Å². The van der Waals surface area contributed by atoms with E-state index in [0.29, 0.717) is 0 Å². The molecule has 3 aromatic heterocycles. The van der Waals surface area contributed by atoms with Gasteiger partial charge < -0.3 is 14.2 Å². The van der Waals surface area contributed by atoms with Gasteiger partial charge in [0, 0.05) is 18.3 Å². The van der Waals surface area contributed by atoms with E-state index in [0.717, 1.165) is 6.07 Å². The molecule has 8 nitrogen and oxygen atoms in total. The van der Waals surface area contributed by atoms with Crippen LogP contribution in [0.5, 0.6) is 17.5 Å². The molecule has 0 aliphatic carbocycles. The van der Waals surface area contributed by atoms with E-state index in [9.17, 15) is 26.2 Å². The number of ether oxygens (including phenoxy) is 3. The maximum absolute atomic E-state index is 14.1. The first-order chi connectivity index (χ1) is 14.3. The molecule has 1 N–H and O–H groups in total. The van der Waals surface area contributed by atoms with Crippen molar-refractivity contribution in [2.24, 2.45) is 0 Å². The Hall–Kier alpha value is -3.16. The number of hydrogen-bond donors (Lipinski definition) is 1. The molecule has 0 saturated heterocycles. The van der Waals surface area contributed by atoms with Crippen LogP contribution in [0.3, 0.4) is 0 Å². The quantitative estimate of drug-likeness (QED) is 0.502. The van der Waals surface area contributed by atoms with Crippen LogP contribution in [0.1, 0.15) is 0 Å². The molecule has 0 amide bonds. The first-order valence-electron chi connectivity index (χ1n) is 8.04. The maximum atomic E-state index is 14.1. The van der Waals surface area contributed by atoms with Crippen LogP contribution in [0, 0.1) is 5.82 Å². The summed E-state index contributed by atoms with van der Waals surface area (Å²) in [5.74, 6) is -2.18. The minimum Gasteiger partial charge on any atom is -0.479 e. The van der Waals surface area contributed by atoms with Crippen LogP contribution in [0.15, 0.2) is 35.6 Å². The van der Waals surface area contributed by atoms with E-state index in [1.807, 2.05) is 0 Å². The van der Waals surface area contributed by atoms with Gasteiger partial charge in [-0.15, -0.1) is 0 Å². The summed E-state index contributed by atoms with van der Waals surface area (Å²) in [6.07, 6.45) is -0.308. The normalized spacial score (nSPS) is 12.4. The van der Waals surface area contributed by atoms with Crippen LogP contribution in [0.4, 0.5) is 27.6 Å². The van der Waals surface area contributed by atoms with Gasteiger partial charge >= 0.3 is 6.61 Å². The van der Waals surface area contributed by atoms with Gasteiger partial charge in [0.2, 0.25) is 5.88 Å². The Bertz CT molecular complexity index is 1070. The molecular weight excluding hydrogens is 439 g/mol. The van der Waals surface area contributed by atoms with E-state index in [2.05, 4.69) is 24.2 Å². The number of alkyl halides is 4. The topological polar surface area (TPSA) is 87.0 Å². The van der Waals surface area contributed by atoms with Crippen LogP contribution in [0.25, 0.3) is 5.65 Å². The number of fused-ring (bicyclic) bond motifs is 1. The molecule has 0 bridgehead atoms. The van der Waals surface area contributed by atoms with Crippen molar-refractivity contribution >= 4 is 22.3 Å². The Labute approximate surface area is 168 Å². The maximum Gasteiger partial charge on any atom is 0.387 e. The summed E-state index contributed by atoms with van der Waals surface area (Å²) < 4.78 is 93.5. The standard InChI is InChI=1S/C16H13F5N4O4S/c1-27-15-10(5-9(17)14(23-15)28-7-11(18)19)24-30(26)13-6-22-12-4-8(29-16(20)21)2-3-25(12)13/h2-6,11,16,24H,7H2,1H3. The highest BCUT2D eigenvalue weighted by Crippen LogP contribution is 2.29. The number of halogens is 5. The third kappa shape index (κ3) is 4.87. The van der Waals surface area contributed by atoms with Crippen molar-refractivity contribution in [3.05, 3.63) is 36.4 Å². The fraction of sp³-hybridized carbons (Fsp3) is 0.250. The van der Waals surface area contributed by atoms with E-state index >= 15 is 0 Å². The Kier molecular flexibility index (Phi) is 6.54. The first kappa shape index (κ1) is 21.5. The summed E-state index contributed by atoms with van der Waals surface area (Å²) >= 11 is 0. The molecule has 0 radical (unpaired) electrons. The number of aromatic nitrogens is 3. The van der Waals surface area contributed by atoms with E-state index in [-0.39, 0.29) is 28.0 Å². The van der Waals surface area contributed by atoms with Crippen LogP contribution in [0.2, 0.25) is 0 Å². The second kappa shape index (κ2) is 9.11. The molecule has 3 aromatic rings. The Morgan fingerprint density at radius 2 is 2.00 bits per heavy atom. The van der Waals surface area contributed by atoms with Crippen LogP contribution in [-0.4, -0.2) is 45.3 Å². The number of pyridine rings is 2. The van der Waals surface area contributed by atoms with Crippen molar-refractivity contribution in [1.29, 1.82) is 0 Å². The van der Waals surface area contributed by atoms with Gasteiger partial charge in [-0.3, -0.25) is 9.12 Å². The lowest BCUT2D eigenvalue weighted by Crippen LogP contribution is -2.12. The van der Waals surface area contributed by atoms with E-state index < -0.39 is 42.3 Å². The van der Waals surface area contributed by atoms with Crippen molar-refractivity contribution in [3.8, 4) is 17.5 Å². The average Bonchev–Trinajstić information content (AvgIpc) is 3.10. The van der Waals surface area contributed by atoms with E-state index in [4.69, 9.17) is 4.74 Å². The SMILES string of the molecule is COc1nc(OCC(F)F)c(F)cc1NS(=O)c1cnc2cc(OC(F)F)ccn12. The van der Waals surface area contributed by atoms with Crippen LogP contribution < -0.4 is 18.9 Å². The van der Waals surface area contributed by atoms with Crippen molar-refractivity contribution in [2.45, 2.75) is 18.1 Å². The van der Waals surface area contributed by atoms with Gasteiger partial charge in [-0.1, -0.05) is 0 Å². The minimum absolute atomic E-state index is 0.0917. The molecule has 0 saturated carbocycles. The molecule has 30 heavy (non-hydrogen) atoms. The van der Waals surface area contributed by atoms with Gasteiger partial charge in [-0.05, 0) is 6.07 Å². The first-order valence-corrected chi connectivity index (χ1v) is 9.19. The molecule has 14 heteroatoms. The number of methoxy groups -OCH3 is 1. The number of hydrogen-bond acceptors (Lipinski definition) is 6. The Morgan fingerprint density at radius 1 is 1.23 bits per heavy atom. The van der Waals surface area contributed by atoms with Gasteiger partial charge in [0.25, 0.3) is 12.3 Å². The zero-order valence-electron chi connectivity index (χ0n) is 15.0. The second-order valence-corrected chi connectivity index (χ2v) is 6.63. The molecule has 3 heterocycles. The average molecular weight is 452 g/mol. The predicted molar refractivity (Wildman–Crippen MR) is 94.1 cm³/mol. The zero-order valence-corrected chi connectivity index (χ0v) is 15.8. The van der Waals surface area contributed by atoms with E-state index in [1.54, 1.807) is 0 Å². The minimum atomic E-state index is -3.01. The highest BCUT2D eigenvalue weighted by atomic mass is 32.2. The molecule has 0 aromatic carbocycles. The van der Waals surface area contributed by atoms with Crippen molar-refractivity contribution in [1.82, 2.24) is 14.4 Å². The van der Waals surface area contributed by atoms with Gasteiger partial charge in [0.15, 0.2) is 28.4 Å². The molecular formula is C16H13F5N4O4S. The second-order valence-electron chi connectivity index (χ2n) is 5.47. The van der Waals surface area contributed by atoms with Crippen molar-refractivity contribution in [3.63, 3.8) is 0 Å². The lowest BCUT2D eigenvalue weighted by atomic mass is 10.4. The lowest BCUT2D eigenvalue weighted by molar-refractivity contribution is -0.0498. The number of anilines is 1. The van der Waals surface area contributed by atoms with Crippen molar-refractivity contribution in [2.75, 3.05) is 18.4 Å². The Balaban J connectivity index is 1.84. The largest absolute Gasteiger partial charge is 0.479 e. The van der Waals surface area contributed by atoms with Gasteiger partial charge in [-0.25, -0.2) is 22.4 Å². The molecule has 3 rings (SSSR count). The predicted octanol–water partition coefficient (Wildman–Crippen LogP) is 3.26. The molecule has 1 atom stereocenters. The molecule has 0 spiro atoms. The van der Waals surface area contributed by atoms with Crippen LogP contribution >= 0.6 is 0 Å². The third-order valence-electron chi connectivity index (χ3n) is 3.52. The van der Waals surface area contributed by atoms with Crippen molar-refractivity contribution < 1.29 is 40.4 Å². The molecule has 0 fully saturated rings. The highest BCUT2D eigenvalue weighted by Gasteiger charge is 2.19. The summed E-state index contributed by atoms with van der Waals surface area (Å²) in [5.41, 5.74) is 0.0238. The fourth-order valence-electron chi connectivity index (χ4n) is 2.33. The molecule has 0 aliphatic heterocycles. The summed E-state index contributed by atoms with van der Waals surface area (Å²) in [4.78, 5) is 7.60. The molecule has 162 valence electrons. The number of nitrogens with zero attached hydrogens (tertiary/aromatic N) is 3. The Morgan fingerprint density at radius 3 is 2.67 bits per heavy atom. The lowest BCUT2D eigenvalue weighted by Gasteiger charge is -2.12. The summed E-state index contributed by atoms with van der Waals surface area (Å²) in [5, 5.41) is 0.0917. The van der Waals surface area contributed by atoms with Gasteiger partial charge in [0.1, 0.15) is 17.1 Å². The van der Waals surface area contributed by atoms with E-state index in [1.165, 1.54) is 36.0 Å². The van der Waals surface area contributed by atoms with Gasteiger partial charge in [-0.2, -0.15) is 13.8 Å². The summed E-state index contributed by atoms with van der Waals surface area (Å²) in [6.45, 7) is -4.08. The third-order valence-corrected chi connectivity index (χ3v) is 4.60. The summed E-state index contributed by atoms with van der Waals surface area (Å²) in [6, 6.07) is 3.25. The number of nitrogens with one attached hydrogen (secondary N) is 1. The smallest absolute Gasteiger partial charge is 0.387 e. The monoisotopic (exact) mass is 452 g/mol. The molecule has 1 unspecified atom stereocenters. The number of imidazole rings is 1. The zero-order chi connectivity index (χ0) is 21.8.